The van der Waals surface area contributed by atoms with Gasteiger partial charge in [0.25, 0.3) is 5.91 Å². The highest BCUT2D eigenvalue weighted by atomic mass is 35.5. The van der Waals surface area contributed by atoms with Gasteiger partial charge in [-0.3, -0.25) is 9.59 Å². The lowest BCUT2D eigenvalue weighted by Crippen LogP contribution is -2.48. The van der Waals surface area contributed by atoms with Gasteiger partial charge in [-0.2, -0.15) is 0 Å². The lowest BCUT2D eigenvalue weighted by atomic mass is 9.76. The first-order valence-electron chi connectivity index (χ1n) is 16.2. The van der Waals surface area contributed by atoms with E-state index in [1.807, 2.05) is 55.5 Å². The maximum absolute atomic E-state index is 13.9. The maximum Gasteiger partial charge on any atom is 0.256 e. The molecule has 1 heterocycles. The van der Waals surface area contributed by atoms with Crippen molar-refractivity contribution in [1.29, 1.82) is 0 Å². The molecule has 7 heteroatoms. The third kappa shape index (κ3) is 8.26. The molecule has 2 unspecified atom stereocenters. The fourth-order valence-electron chi connectivity index (χ4n) is 5.56. The highest BCUT2D eigenvalue weighted by molar-refractivity contribution is 7.99. The van der Waals surface area contributed by atoms with Crippen LogP contribution < -0.4 is 10.1 Å². The van der Waals surface area contributed by atoms with Crippen LogP contribution in [0, 0.1) is 6.92 Å². The van der Waals surface area contributed by atoms with Crippen molar-refractivity contribution in [3.8, 4) is 5.75 Å². The number of aryl methyl sites for hydroxylation is 1. The minimum atomic E-state index is -0.577. The number of benzene rings is 3. The van der Waals surface area contributed by atoms with Gasteiger partial charge in [0.2, 0.25) is 5.91 Å². The normalized spacial score (nSPS) is 16.9. The summed E-state index contributed by atoms with van der Waals surface area (Å²) in [5.41, 5.74) is 5.13. The number of amides is 2. The molecule has 4 rings (SSSR count). The van der Waals surface area contributed by atoms with Crippen molar-refractivity contribution in [1.82, 2.24) is 10.2 Å². The summed E-state index contributed by atoms with van der Waals surface area (Å²) in [5.74, 6) is 1.19. The minimum Gasteiger partial charge on any atom is -0.493 e. The smallest absolute Gasteiger partial charge is 0.256 e. The molecule has 0 bridgehead atoms. The van der Waals surface area contributed by atoms with E-state index in [0.717, 1.165) is 42.6 Å². The molecule has 0 spiro atoms. The van der Waals surface area contributed by atoms with E-state index in [1.165, 1.54) is 11.1 Å². The molecule has 1 N–H and O–H groups in total. The van der Waals surface area contributed by atoms with E-state index in [1.54, 1.807) is 16.7 Å². The zero-order valence-corrected chi connectivity index (χ0v) is 29.5. The number of hydrogen-bond acceptors (Lipinski definition) is 4. The standard InChI is InChI=1S/C38H49ClN2O3S/c1-8-37(4,5)28-19-20-33(31(24-28)38(6,7)9-2)44-22-13-12-21-40-34(42)32-25-45-36(27-16-14-17-29(39)23-27)41(32)35(43)30-18-11-10-15-26(30)3/h10-11,14-20,23-24,32,36H,8-9,12-13,21-22,25H2,1-7H3,(H,40,42). The van der Waals surface area contributed by atoms with Crippen molar-refractivity contribution in [2.45, 2.75) is 96.4 Å². The molecule has 45 heavy (non-hydrogen) atoms. The van der Waals surface area contributed by atoms with Gasteiger partial charge in [0.1, 0.15) is 17.2 Å². The van der Waals surface area contributed by atoms with Gasteiger partial charge in [-0.1, -0.05) is 95.6 Å². The number of carbonyl (C=O) groups excluding carboxylic acids is 2. The summed E-state index contributed by atoms with van der Waals surface area (Å²) in [5, 5.41) is 3.42. The molecule has 242 valence electrons. The topological polar surface area (TPSA) is 58.6 Å². The first-order valence-corrected chi connectivity index (χ1v) is 17.6. The van der Waals surface area contributed by atoms with Gasteiger partial charge in [-0.25, -0.2) is 0 Å². The summed E-state index contributed by atoms with van der Waals surface area (Å²) in [6.45, 7) is 16.6. The molecule has 3 aromatic rings. The molecule has 3 aromatic carbocycles. The van der Waals surface area contributed by atoms with Crippen molar-refractivity contribution in [3.63, 3.8) is 0 Å². The van der Waals surface area contributed by atoms with Crippen LogP contribution in [0.2, 0.25) is 5.02 Å². The summed E-state index contributed by atoms with van der Waals surface area (Å²) >= 11 is 7.90. The number of thioether (sulfide) groups is 1. The summed E-state index contributed by atoms with van der Waals surface area (Å²) in [7, 11) is 0. The molecule has 1 aliphatic rings. The van der Waals surface area contributed by atoms with Crippen LogP contribution in [0.15, 0.2) is 66.7 Å². The van der Waals surface area contributed by atoms with E-state index in [9.17, 15) is 9.59 Å². The number of carbonyl (C=O) groups is 2. The Balaban J connectivity index is 1.38. The fourth-order valence-corrected chi connectivity index (χ4v) is 7.18. The predicted molar refractivity (Wildman–Crippen MR) is 189 cm³/mol. The van der Waals surface area contributed by atoms with Gasteiger partial charge >= 0.3 is 0 Å². The van der Waals surface area contributed by atoms with Crippen LogP contribution in [0.1, 0.15) is 105 Å². The number of unbranched alkanes of at least 4 members (excludes halogenated alkanes) is 1. The molecule has 2 atom stereocenters. The Morgan fingerprint density at radius 2 is 1.69 bits per heavy atom. The minimum absolute atomic E-state index is 0.00692. The third-order valence-electron chi connectivity index (χ3n) is 9.43. The first-order chi connectivity index (χ1) is 21.4. The van der Waals surface area contributed by atoms with Gasteiger partial charge in [0, 0.05) is 28.4 Å². The van der Waals surface area contributed by atoms with Crippen molar-refractivity contribution < 1.29 is 14.3 Å². The van der Waals surface area contributed by atoms with Crippen LogP contribution in [-0.4, -0.2) is 41.7 Å². The quantitative estimate of drug-likeness (QED) is 0.188. The molecule has 1 aliphatic heterocycles. The Hall–Kier alpha value is -2.96. The number of hydrogen-bond donors (Lipinski definition) is 1. The third-order valence-corrected chi connectivity index (χ3v) is 11.0. The number of nitrogens with one attached hydrogen (secondary N) is 1. The lowest BCUT2D eigenvalue weighted by Gasteiger charge is -2.30. The SMILES string of the molecule is CCC(C)(C)c1ccc(OCCCCNC(=O)C2CSC(c3cccc(Cl)c3)N2C(=O)c2ccccc2C)c(C(C)(C)CC)c1. The van der Waals surface area contributed by atoms with Crippen LogP contribution in [0.5, 0.6) is 5.75 Å². The second-order valence-corrected chi connectivity index (χ2v) is 14.9. The largest absolute Gasteiger partial charge is 0.493 e. The van der Waals surface area contributed by atoms with E-state index in [0.29, 0.717) is 29.5 Å². The molecule has 0 saturated carbocycles. The van der Waals surface area contributed by atoms with Gasteiger partial charge in [0.15, 0.2) is 0 Å². The second-order valence-electron chi connectivity index (χ2n) is 13.3. The van der Waals surface area contributed by atoms with Crippen molar-refractivity contribution >= 4 is 35.2 Å². The fraction of sp³-hybridized carbons (Fsp3) is 0.474. The van der Waals surface area contributed by atoms with Gasteiger partial charge in [-0.15, -0.1) is 11.8 Å². The predicted octanol–water partition coefficient (Wildman–Crippen LogP) is 9.26. The average Bonchev–Trinajstić information content (AvgIpc) is 3.48. The monoisotopic (exact) mass is 648 g/mol. The molecule has 1 fully saturated rings. The lowest BCUT2D eigenvalue weighted by molar-refractivity contribution is -0.124. The Bertz CT molecular complexity index is 1490. The molecular formula is C38H49ClN2O3S. The molecule has 5 nitrogen and oxygen atoms in total. The molecule has 0 aliphatic carbocycles. The second kappa shape index (κ2) is 15.1. The molecule has 1 saturated heterocycles. The Morgan fingerprint density at radius 3 is 2.38 bits per heavy atom. The summed E-state index contributed by atoms with van der Waals surface area (Å²) < 4.78 is 6.34. The molecular weight excluding hydrogens is 600 g/mol. The van der Waals surface area contributed by atoms with Gasteiger partial charge < -0.3 is 15.0 Å². The van der Waals surface area contributed by atoms with E-state index >= 15 is 0 Å². The van der Waals surface area contributed by atoms with Crippen LogP contribution >= 0.6 is 23.4 Å². The zero-order chi connectivity index (χ0) is 32.8. The van der Waals surface area contributed by atoms with Crippen molar-refractivity contribution in [2.75, 3.05) is 18.9 Å². The van der Waals surface area contributed by atoms with Crippen LogP contribution in [0.3, 0.4) is 0 Å². The van der Waals surface area contributed by atoms with Crippen LogP contribution in [0.4, 0.5) is 0 Å². The molecule has 0 aromatic heterocycles. The summed E-state index contributed by atoms with van der Waals surface area (Å²) in [6.07, 6.45) is 3.68. The Kier molecular flexibility index (Phi) is 11.7. The van der Waals surface area contributed by atoms with Gasteiger partial charge in [0.05, 0.1) is 6.61 Å². The van der Waals surface area contributed by atoms with Crippen molar-refractivity contribution in [3.05, 3.63) is 99.6 Å². The van der Waals surface area contributed by atoms with Gasteiger partial charge in [-0.05, 0) is 84.4 Å². The highest BCUT2D eigenvalue weighted by Gasteiger charge is 2.42. The summed E-state index contributed by atoms with van der Waals surface area (Å²) in [6, 6.07) is 21.2. The summed E-state index contributed by atoms with van der Waals surface area (Å²) in [4.78, 5) is 29.2. The Labute approximate surface area is 279 Å². The molecule has 2 amide bonds. The number of nitrogens with zero attached hydrogens (tertiary/aromatic N) is 1. The number of halogens is 1. The highest BCUT2D eigenvalue weighted by Crippen LogP contribution is 2.43. The van der Waals surface area contributed by atoms with Crippen LogP contribution in [0.25, 0.3) is 0 Å². The van der Waals surface area contributed by atoms with Crippen LogP contribution in [-0.2, 0) is 15.6 Å². The van der Waals surface area contributed by atoms with Crippen molar-refractivity contribution in [2.24, 2.45) is 0 Å². The van der Waals surface area contributed by atoms with E-state index in [4.69, 9.17) is 16.3 Å². The van der Waals surface area contributed by atoms with E-state index < -0.39 is 6.04 Å². The Morgan fingerprint density at radius 1 is 0.956 bits per heavy atom. The maximum atomic E-state index is 13.9. The van der Waals surface area contributed by atoms with E-state index in [2.05, 4.69) is 65.1 Å². The molecule has 0 radical (unpaired) electrons. The van der Waals surface area contributed by atoms with E-state index in [-0.39, 0.29) is 28.0 Å². The number of rotatable bonds is 13. The zero-order valence-electron chi connectivity index (χ0n) is 27.9. The average molecular weight is 649 g/mol. The first kappa shape index (κ1) is 34.9. The number of ether oxygens (including phenoxy) is 1.